The van der Waals surface area contributed by atoms with E-state index in [1.807, 2.05) is 4.68 Å². The summed E-state index contributed by atoms with van der Waals surface area (Å²) in [5.41, 5.74) is 7.26. The number of rotatable bonds is 2. The molecule has 102 valence electrons. The number of hydrogen-bond acceptors (Lipinski definition) is 3. The first kappa shape index (κ1) is 13.9. The van der Waals surface area contributed by atoms with E-state index in [2.05, 4.69) is 41.8 Å². The van der Waals surface area contributed by atoms with Crippen molar-refractivity contribution < 1.29 is 5.11 Å². The fourth-order valence-electron chi connectivity index (χ4n) is 2.55. The molecule has 2 unspecified atom stereocenters. The van der Waals surface area contributed by atoms with Crippen molar-refractivity contribution in [2.24, 2.45) is 5.41 Å². The van der Waals surface area contributed by atoms with Gasteiger partial charge in [0.15, 0.2) is 0 Å². The number of halogens is 1. The molecule has 1 aromatic rings. The quantitative estimate of drug-likeness (QED) is 0.882. The maximum absolute atomic E-state index is 9.97. The molecule has 1 aliphatic rings. The van der Waals surface area contributed by atoms with Crippen LogP contribution < -0.4 is 5.73 Å². The van der Waals surface area contributed by atoms with Crippen LogP contribution in [0.3, 0.4) is 0 Å². The summed E-state index contributed by atoms with van der Waals surface area (Å²) in [6.07, 6.45) is 3.39. The van der Waals surface area contributed by atoms with E-state index in [9.17, 15) is 5.11 Å². The summed E-state index contributed by atoms with van der Waals surface area (Å²) in [7, 11) is 0. The summed E-state index contributed by atoms with van der Waals surface area (Å²) in [5.74, 6) is 0.639. The number of nitrogens with zero attached hydrogens (tertiary/aromatic N) is 2. The third-order valence-electron chi connectivity index (χ3n) is 3.41. The zero-order valence-corrected chi connectivity index (χ0v) is 12.9. The van der Waals surface area contributed by atoms with Crippen LogP contribution in [0.1, 0.15) is 51.8 Å². The minimum Gasteiger partial charge on any atom is -0.391 e. The number of aromatic nitrogens is 2. The fraction of sp³-hybridized carbons (Fsp3) is 0.769. The number of anilines is 1. The number of nitrogen functional groups attached to an aromatic ring is 1. The van der Waals surface area contributed by atoms with Gasteiger partial charge in [-0.05, 0) is 47.0 Å². The van der Waals surface area contributed by atoms with Gasteiger partial charge in [0.25, 0.3) is 0 Å². The molecule has 1 aliphatic carbocycles. The largest absolute Gasteiger partial charge is 0.391 e. The van der Waals surface area contributed by atoms with E-state index < -0.39 is 0 Å². The lowest BCUT2D eigenvalue weighted by atomic mass is 9.91. The first-order valence-corrected chi connectivity index (χ1v) is 7.29. The minimum absolute atomic E-state index is 0.0371. The van der Waals surface area contributed by atoms with Crippen LogP contribution in [-0.2, 0) is 6.42 Å². The van der Waals surface area contributed by atoms with Gasteiger partial charge in [-0.1, -0.05) is 20.8 Å². The van der Waals surface area contributed by atoms with Gasteiger partial charge in [0.1, 0.15) is 5.82 Å². The Labute approximate surface area is 117 Å². The Bertz CT molecular complexity index is 436. The monoisotopic (exact) mass is 315 g/mol. The van der Waals surface area contributed by atoms with E-state index in [4.69, 9.17) is 5.73 Å². The second-order valence-corrected chi connectivity index (χ2v) is 7.19. The molecule has 18 heavy (non-hydrogen) atoms. The van der Waals surface area contributed by atoms with Gasteiger partial charge in [0.05, 0.1) is 22.3 Å². The van der Waals surface area contributed by atoms with Gasteiger partial charge < -0.3 is 10.8 Å². The lowest BCUT2D eigenvalue weighted by Gasteiger charge is -2.17. The van der Waals surface area contributed by atoms with Gasteiger partial charge in [-0.25, -0.2) is 4.68 Å². The fourth-order valence-corrected chi connectivity index (χ4v) is 2.95. The SMILES string of the molecule is CC(C)(C)Cc1nn(C2CCCC2O)c(N)c1Br. The number of aliphatic hydroxyl groups excluding tert-OH is 1. The molecule has 0 aromatic carbocycles. The molecule has 0 bridgehead atoms. The number of aliphatic hydroxyl groups is 1. The Balaban J connectivity index is 2.30. The molecule has 4 nitrogen and oxygen atoms in total. The molecule has 1 heterocycles. The van der Waals surface area contributed by atoms with Crippen LogP contribution >= 0.6 is 15.9 Å². The van der Waals surface area contributed by atoms with Crippen LogP contribution in [0.4, 0.5) is 5.82 Å². The van der Waals surface area contributed by atoms with Crippen LogP contribution in [-0.4, -0.2) is 21.0 Å². The summed E-state index contributed by atoms with van der Waals surface area (Å²) in [6, 6.07) is 0.0371. The summed E-state index contributed by atoms with van der Waals surface area (Å²) >= 11 is 3.53. The van der Waals surface area contributed by atoms with Crippen molar-refractivity contribution in [3.05, 3.63) is 10.2 Å². The normalized spacial score (nSPS) is 24.7. The number of nitrogens with two attached hydrogens (primary N) is 1. The summed E-state index contributed by atoms with van der Waals surface area (Å²) < 4.78 is 2.69. The number of hydrogen-bond donors (Lipinski definition) is 2. The molecule has 3 N–H and O–H groups in total. The summed E-state index contributed by atoms with van der Waals surface area (Å²) in [5, 5.41) is 14.6. The van der Waals surface area contributed by atoms with Crippen LogP contribution in [0, 0.1) is 5.41 Å². The maximum Gasteiger partial charge on any atom is 0.136 e. The second-order valence-electron chi connectivity index (χ2n) is 6.39. The Hall–Kier alpha value is -0.550. The molecule has 2 rings (SSSR count). The molecular weight excluding hydrogens is 294 g/mol. The van der Waals surface area contributed by atoms with Gasteiger partial charge in [-0.2, -0.15) is 5.10 Å². The van der Waals surface area contributed by atoms with Crippen molar-refractivity contribution in [2.45, 2.75) is 58.6 Å². The molecule has 1 aromatic heterocycles. The molecule has 5 heteroatoms. The molecule has 0 aliphatic heterocycles. The molecule has 0 saturated heterocycles. The van der Waals surface area contributed by atoms with E-state index >= 15 is 0 Å². The highest BCUT2D eigenvalue weighted by molar-refractivity contribution is 9.10. The average Bonchev–Trinajstić information content (AvgIpc) is 2.76. The van der Waals surface area contributed by atoms with Crippen molar-refractivity contribution in [1.82, 2.24) is 9.78 Å². The highest BCUT2D eigenvalue weighted by Crippen LogP contribution is 2.36. The van der Waals surface area contributed by atoms with Crippen LogP contribution in [0.2, 0.25) is 0 Å². The molecular formula is C13H22BrN3O. The summed E-state index contributed by atoms with van der Waals surface area (Å²) in [4.78, 5) is 0. The lowest BCUT2D eigenvalue weighted by molar-refractivity contribution is 0.131. The Morgan fingerprint density at radius 1 is 1.44 bits per heavy atom. The predicted octanol–water partition coefficient (Wildman–Crippen LogP) is 2.90. The van der Waals surface area contributed by atoms with Gasteiger partial charge in [0, 0.05) is 0 Å². The minimum atomic E-state index is -0.318. The zero-order valence-electron chi connectivity index (χ0n) is 11.3. The highest BCUT2D eigenvalue weighted by Gasteiger charge is 2.31. The second kappa shape index (κ2) is 4.85. The predicted molar refractivity (Wildman–Crippen MR) is 76.4 cm³/mol. The molecule has 2 atom stereocenters. The smallest absolute Gasteiger partial charge is 0.136 e. The topological polar surface area (TPSA) is 64.1 Å². The van der Waals surface area contributed by atoms with Crippen molar-refractivity contribution in [1.29, 1.82) is 0 Å². The van der Waals surface area contributed by atoms with Crippen molar-refractivity contribution >= 4 is 21.7 Å². The Morgan fingerprint density at radius 2 is 2.11 bits per heavy atom. The van der Waals surface area contributed by atoms with Gasteiger partial charge >= 0.3 is 0 Å². The van der Waals surface area contributed by atoms with E-state index in [-0.39, 0.29) is 17.6 Å². The molecule has 0 spiro atoms. The van der Waals surface area contributed by atoms with E-state index in [1.165, 1.54) is 0 Å². The van der Waals surface area contributed by atoms with Gasteiger partial charge in [0.2, 0.25) is 0 Å². The van der Waals surface area contributed by atoms with Crippen LogP contribution in [0.25, 0.3) is 0 Å². The van der Waals surface area contributed by atoms with Gasteiger partial charge in [-0.3, -0.25) is 0 Å². The van der Waals surface area contributed by atoms with Crippen molar-refractivity contribution in [2.75, 3.05) is 5.73 Å². The maximum atomic E-state index is 9.97. The van der Waals surface area contributed by atoms with Crippen LogP contribution in [0.5, 0.6) is 0 Å². The standard InChI is InChI=1S/C13H22BrN3O/c1-13(2,3)7-8-11(14)12(15)17(16-8)9-5-4-6-10(9)18/h9-10,18H,4-7,15H2,1-3H3. The first-order chi connectivity index (χ1) is 8.29. The first-order valence-electron chi connectivity index (χ1n) is 6.50. The van der Waals surface area contributed by atoms with E-state index in [0.29, 0.717) is 5.82 Å². The lowest BCUT2D eigenvalue weighted by Crippen LogP contribution is -2.21. The van der Waals surface area contributed by atoms with Crippen molar-refractivity contribution in [3.8, 4) is 0 Å². The average molecular weight is 316 g/mol. The highest BCUT2D eigenvalue weighted by atomic mass is 79.9. The third kappa shape index (κ3) is 2.72. The van der Waals surface area contributed by atoms with Gasteiger partial charge in [-0.15, -0.1) is 0 Å². The molecule has 0 amide bonds. The van der Waals surface area contributed by atoms with Crippen LogP contribution in [0.15, 0.2) is 4.47 Å². The molecule has 1 saturated carbocycles. The third-order valence-corrected chi connectivity index (χ3v) is 4.27. The van der Waals surface area contributed by atoms with Crippen molar-refractivity contribution in [3.63, 3.8) is 0 Å². The molecule has 0 radical (unpaired) electrons. The zero-order chi connectivity index (χ0) is 13.5. The van der Waals surface area contributed by atoms with E-state index in [1.54, 1.807) is 0 Å². The Kier molecular flexibility index (Phi) is 3.74. The summed E-state index contributed by atoms with van der Waals surface area (Å²) in [6.45, 7) is 6.54. The Morgan fingerprint density at radius 3 is 2.61 bits per heavy atom. The van der Waals surface area contributed by atoms with E-state index in [0.717, 1.165) is 35.8 Å². The molecule has 1 fully saturated rings.